The first kappa shape index (κ1) is 7.77. The molecule has 0 N–H and O–H groups in total. The van der Waals surface area contributed by atoms with E-state index in [1.165, 1.54) is 0 Å². The fourth-order valence-electron chi connectivity index (χ4n) is 2.02. The molecule has 0 aromatic rings. The summed E-state index contributed by atoms with van der Waals surface area (Å²) in [6, 6.07) is 0.667. The van der Waals surface area contributed by atoms with Crippen molar-refractivity contribution in [2.24, 2.45) is 0 Å². The number of rotatable bonds is 1. The van der Waals surface area contributed by atoms with E-state index in [9.17, 15) is 4.48 Å². The van der Waals surface area contributed by atoms with Crippen LogP contribution >= 0.6 is 11.6 Å². The molecule has 0 spiro atoms. The van der Waals surface area contributed by atoms with Crippen molar-refractivity contribution in [3.05, 3.63) is 0 Å². The normalized spacial score (nSPS) is 49.6. The number of piperazine rings is 3. The predicted molar refractivity (Wildman–Crippen MR) is 41.6 cm³/mol. The quantitative estimate of drug-likeness (QED) is 0.241. The summed E-state index contributed by atoms with van der Waals surface area (Å²) in [5.74, 6) is 0. The maximum absolute atomic E-state index is 13.5. The molecule has 3 saturated heterocycles. The van der Waals surface area contributed by atoms with Crippen molar-refractivity contribution < 1.29 is 13.7 Å². The molecule has 2 nitrogen and oxygen atoms in total. The van der Waals surface area contributed by atoms with E-state index in [0.717, 1.165) is 24.1 Å². The monoisotopic (exact) mass is 179 g/mol. The Morgan fingerprint density at radius 2 is 1.45 bits per heavy atom. The number of fused-ring (bicyclic) bond motifs is 3. The summed E-state index contributed by atoms with van der Waals surface area (Å²) in [7, 11) is 0. The van der Waals surface area contributed by atoms with Gasteiger partial charge in [0.1, 0.15) is 19.6 Å². The highest BCUT2D eigenvalue weighted by Gasteiger charge is 2.50. The van der Waals surface area contributed by atoms with Gasteiger partial charge in [0.25, 0.3) is 0 Å². The van der Waals surface area contributed by atoms with E-state index < -0.39 is 0 Å². The third kappa shape index (κ3) is 1.15. The van der Waals surface area contributed by atoms with Gasteiger partial charge < -0.3 is 0 Å². The molecule has 0 radical (unpaired) electrons. The minimum atomic E-state index is -0.198. The standard InChI is InChI=1S/C7H14ClFN2/c8-7-10-1-4-11(9,5-2-10)6-3-10/h1-7H2/q+2/i9-1. The molecule has 0 saturated carbocycles. The highest BCUT2D eigenvalue weighted by molar-refractivity contribution is 6.16. The van der Waals surface area contributed by atoms with Gasteiger partial charge in [-0.25, -0.2) is 0 Å². The predicted octanol–water partition coefficient (Wildman–Crippen LogP) is 0.728. The van der Waals surface area contributed by atoms with Crippen molar-refractivity contribution in [2.45, 2.75) is 0 Å². The van der Waals surface area contributed by atoms with E-state index in [1.807, 2.05) is 0 Å². The summed E-state index contributed by atoms with van der Waals surface area (Å²) < 4.78 is 14.3. The van der Waals surface area contributed by atoms with Crippen molar-refractivity contribution in [1.82, 2.24) is 0 Å². The number of hydrogen-bond donors (Lipinski definition) is 0. The Hall–Kier alpha value is 0.140. The molecule has 0 aromatic carbocycles. The molecule has 0 amide bonds. The molecular formula is C7H14ClFN2+2. The topological polar surface area (TPSA) is 0 Å². The Labute approximate surface area is 71.3 Å². The van der Waals surface area contributed by atoms with E-state index >= 15 is 0 Å². The van der Waals surface area contributed by atoms with E-state index in [2.05, 4.69) is 0 Å². The molecule has 0 unspecified atom stereocenters. The van der Waals surface area contributed by atoms with Gasteiger partial charge in [0.2, 0.25) is 0 Å². The average molecular weight is 180 g/mol. The Balaban J connectivity index is 2.12. The Kier molecular flexibility index (Phi) is 1.63. The van der Waals surface area contributed by atoms with Crippen molar-refractivity contribution in [3.63, 3.8) is 0 Å². The van der Waals surface area contributed by atoms with Gasteiger partial charge in [0, 0.05) is 0 Å². The minimum Gasteiger partial charge on any atom is -0.297 e. The lowest BCUT2D eigenvalue weighted by molar-refractivity contribution is -1.15. The highest BCUT2D eigenvalue weighted by Crippen LogP contribution is 2.27. The number of hydrogen-bond acceptors (Lipinski definition) is 0. The Bertz CT molecular complexity index is 149. The zero-order valence-corrected chi connectivity index (χ0v) is 7.36. The van der Waals surface area contributed by atoms with Crippen LogP contribution < -0.4 is 0 Å². The molecule has 3 aliphatic rings. The zero-order valence-electron chi connectivity index (χ0n) is 6.60. The zero-order chi connectivity index (χ0) is 7.95. The number of alkyl halides is 1. The van der Waals surface area contributed by atoms with Crippen LogP contribution in [0.5, 0.6) is 0 Å². The molecule has 2 bridgehead atoms. The first-order valence-corrected chi connectivity index (χ1v) is 4.68. The number of quaternary nitrogens is 2. The smallest absolute Gasteiger partial charge is 0.164 e. The highest BCUT2D eigenvalue weighted by atomic mass is 35.5. The van der Waals surface area contributed by atoms with Crippen LogP contribution in [0.2, 0.25) is 0 Å². The molecule has 0 atom stereocenters. The Morgan fingerprint density at radius 3 is 1.82 bits per heavy atom. The van der Waals surface area contributed by atoms with E-state index in [4.69, 9.17) is 11.6 Å². The van der Waals surface area contributed by atoms with E-state index in [1.54, 1.807) is 0 Å². The lowest BCUT2D eigenvalue weighted by Gasteiger charge is -2.48. The van der Waals surface area contributed by atoms with Gasteiger partial charge in [0.15, 0.2) is 25.6 Å². The van der Waals surface area contributed by atoms with Gasteiger partial charge in [-0.3, -0.25) is 4.48 Å². The van der Waals surface area contributed by atoms with Gasteiger partial charge >= 0.3 is 0 Å². The third-order valence-corrected chi connectivity index (χ3v) is 3.69. The fourth-order valence-corrected chi connectivity index (χ4v) is 2.38. The molecule has 3 fully saturated rings. The summed E-state index contributed by atoms with van der Waals surface area (Å²) in [6.07, 6.45) is 0. The molecule has 3 rings (SSSR count). The van der Waals surface area contributed by atoms with Gasteiger partial charge in [-0.1, -0.05) is 11.6 Å². The summed E-state index contributed by atoms with van der Waals surface area (Å²) >= 11 is 5.85. The summed E-state index contributed by atoms with van der Waals surface area (Å²) in [5, 5.41) is 0. The second kappa shape index (κ2) is 2.31. The van der Waals surface area contributed by atoms with E-state index in [-0.39, 0.29) is 4.71 Å². The van der Waals surface area contributed by atoms with Gasteiger partial charge in [-0.2, -0.15) is 0 Å². The third-order valence-electron chi connectivity index (χ3n) is 3.18. The fraction of sp³-hybridized carbons (Fsp3) is 1.00. The van der Waals surface area contributed by atoms with Gasteiger partial charge in [0.05, 0.1) is 0 Å². The lowest BCUT2D eigenvalue weighted by atomic mass is 10.2. The second-order valence-electron chi connectivity index (χ2n) is 3.83. The molecule has 3 aliphatic heterocycles. The van der Waals surface area contributed by atoms with E-state index in [0.29, 0.717) is 25.6 Å². The summed E-state index contributed by atoms with van der Waals surface area (Å²) in [6.45, 7) is 4.81. The maximum Gasteiger partial charge on any atom is 0.164 e. The van der Waals surface area contributed by atoms with Crippen LogP contribution in [0.1, 0.15) is 0 Å². The first-order chi connectivity index (χ1) is 5.18. The van der Waals surface area contributed by atoms with Crippen LogP contribution in [0.15, 0.2) is 0 Å². The molecule has 0 aromatic heterocycles. The van der Waals surface area contributed by atoms with Crippen LogP contribution in [0.3, 0.4) is 0 Å². The van der Waals surface area contributed by atoms with Crippen molar-refractivity contribution >= 4 is 11.6 Å². The maximum atomic E-state index is 13.5. The second-order valence-corrected chi connectivity index (χ2v) is 4.07. The van der Waals surface area contributed by atoms with Crippen LogP contribution in [0.4, 0.5) is 4.48 Å². The molecular weight excluding hydrogens is 166 g/mol. The van der Waals surface area contributed by atoms with Crippen molar-refractivity contribution in [3.8, 4) is 0 Å². The largest absolute Gasteiger partial charge is 0.297 e. The molecule has 11 heavy (non-hydrogen) atoms. The molecule has 64 valence electrons. The van der Waals surface area contributed by atoms with Crippen molar-refractivity contribution in [1.29, 1.82) is 0 Å². The van der Waals surface area contributed by atoms with Crippen LogP contribution in [-0.2, 0) is 0 Å². The number of nitrogens with zero attached hydrogens (tertiary/aromatic N) is 2. The number of halogens is 2. The van der Waals surface area contributed by atoms with Gasteiger partial charge in [-0.05, 0) is 4.48 Å². The van der Waals surface area contributed by atoms with Crippen LogP contribution in [-0.4, -0.2) is 54.5 Å². The summed E-state index contributed by atoms with van der Waals surface area (Å²) in [4.78, 5) is 0. The van der Waals surface area contributed by atoms with Crippen LogP contribution in [0.25, 0.3) is 0 Å². The molecule has 0 aliphatic carbocycles. The van der Waals surface area contributed by atoms with Crippen LogP contribution in [0, 0.1) is 0 Å². The minimum absolute atomic E-state index is 0.198. The van der Waals surface area contributed by atoms with Crippen molar-refractivity contribution in [2.75, 3.05) is 45.3 Å². The lowest BCUT2D eigenvalue weighted by Crippen LogP contribution is -2.71. The van der Waals surface area contributed by atoms with Gasteiger partial charge in [-0.15, -0.1) is 4.71 Å². The summed E-state index contributed by atoms with van der Waals surface area (Å²) in [5.41, 5.74) is 0. The molecule has 3 heterocycles. The Morgan fingerprint density at radius 1 is 1.00 bits per heavy atom. The first-order valence-electron chi connectivity index (χ1n) is 4.15. The average Bonchev–Trinajstić information content (AvgIpc) is 2.07. The SMILES string of the molecule is [18F][N+]12CC[N+](CCl)(CC1)CC2. The molecule has 4 heteroatoms.